The first-order valence-electron chi connectivity index (χ1n) is 8.15. The van der Waals surface area contributed by atoms with Crippen molar-refractivity contribution in [2.24, 2.45) is 5.92 Å². The van der Waals surface area contributed by atoms with E-state index in [1.807, 2.05) is 30.3 Å². The number of benzene rings is 1. The number of nitrogens with zero attached hydrogens (tertiary/aromatic N) is 2. The van der Waals surface area contributed by atoms with E-state index in [-0.39, 0.29) is 11.9 Å². The summed E-state index contributed by atoms with van der Waals surface area (Å²) in [4.78, 5) is 18.7. The molecule has 1 fully saturated rings. The fourth-order valence-electron chi connectivity index (χ4n) is 2.95. The van der Waals surface area contributed by atoms with E-state index >= 15 is 0 Å². The SMILES string of the molecule is CC(C)CC1C(=O)NCCN1Cc1ncc(-c2ccccc2)o1. The van der Waals surface area contributed by atoms with Crippen LogP contribution in [-0.2, 0) is 11.3 Å². The molecular formula is C18H23N3O2. The molecule has 0 bridgehead atoms. The molecule has 2 heterocycles. The number of piperazine rings is 1. The van der Waals surface area contributed by atoms with Crippen molar-refractivity contribution in [3.05, 3.63) is 42.4 Å². The summed E-state index contributed by atoms with van der Waals surface area (Å²) >= 11 is 0. The number of carbonyl (C=O) groups is 1. The van der Waals surface area contributed by atoms with Crippen molar-refractivity contribution in [3.63, 3.8) is 0 Å². The average molecular weight is 313 g/mol. The lowest BCUT2D eigenvalue weighted by atomic mass is 10.00. The summed E-state index contributed by atoms with van der Waals surface area (Å²) in [6, 6.07) is 9.83. The van der Waals surface area contributed by atoms with Crippen molar-refractivity contribution >= 4 is 5.91 Å². The predicted octanol–water partition coefficient (Wildman–Crippen LogP) is 2.69. The van der Waals surface area contributed by atoms with E-state index in [1.165, 1.54) is 0 Å². The zero-order valence-corrected chi connectivity index (χ0v) is 13.7. The molecule has 1 atom stereocenters. The van der Waals surface area contributed by atoms with Crippen LogP contribution in [0.5, 0.6) is 0 Å². The molecule has 1 aliphatic heterocycles. The van der Waals surface area contributed by atoms with Gasteiger partial charge in [-0.2, -0.15) is 0 Å². The monoisotopic (exact) mass is 313 g/mol. The molecule has 1 aliphatic rings. The fourth-order valence-corrected chi connectivity index (χ4v) is 2.95. The molecule has 0 spiro atoms. The lowest BCUT2D eigenvalue weighted by Crippen LogP contribution is -2.55. The van der Waals surface area contributed by atoms with Crippen LogP contribution in [0.4, 0.5) is 0 Å². The highest BCUT2D eigenvalue weighted by atomic mass is 16.4. The van der Waals surface area contributed by atoms with Gasteiger partial charge in [-0.25, -0.2) is 4.98 Å². The van der Waals surface area contributed by atoms with Crippen LogP contribution in [-0.4, -0.2) is 34.9 Å². The predicted molar refractivity (Wildman–Crippen MR) is 88.6 cm³/mol. The molecule has 5 nitrogen and oxygen atoms in total. The number of nitrogens with one attached hydrogen (secondary N) is 1. The first kappa shape index (κ1) is 15.7. The summed E-state index contributed by atoms with van der Waals surface area (Å²) in [6.07, 6.45) is 2.60. The molecule has 5 heteroatoms. The maximum atomic E-state index is 12.2. The van der Waals surface area contributed by atoms with Gasteiger partial charge in [0, 0.05) is 18.7 Å². The molecule has 122 valence electrons. The average Bonchev–Trinajstić information content (AvgIpc) is 3.00. The maximum absolute atomic E-state index is 12.2. The Hall–Kier alpha value is -2.14. The van der Waals surface area contributed by atoms with Gasteiger partial charge < -0.3 is 9.73 Å². The van der Waals surface area contributed by atoms with Crippen LogP contribution in [0.1, 0.15) is 26.2 Å². The molecule has 1 N–H and O–H groups in total. The maximum Gasteiger partial charge on any atom is 0.237 e. The zero-order valence-electron chi connectivity index (χ0n) is 13.7. The topological polar surface area (TPSA) is 58.4 Å². The molecule has 1 saturated heterocycles. The second-order valence-corrected chi connectivity index (χ2v) is 6.39. The summed E-state index contributed by atoms with van der Waals surface area (Å²) in [5, 5.41) is 2.95. The highest BCUT2D eigenvalue weighted by Crippen LogP contribution is 2.22. The van der Waals surface area contributed by atoms with Crippen molar-refractivity contribution in [2.45, 2.75) is 32.9 Å². The number of hydrogen-bond donors (Lipinski definition) is 1. The molecule has 23 heavy (non-hydrogen) atoms. The van der Waals surface area contributed by atoms with Gasteiger partial charge in [0.25, 0.3) is 0 Å². The van der Waals surface area contributed by atoms with E-state index in [0.717, 1.165) is 24.3 Å². The first-order valence-corrected chi connectivity index (χ1v) is 8.15. The molecule has 1 aromatic carbocycles. The number of oxazole rings is 1. The standard InChI is InChI=1S/C18H23N3O2/c1-13(2)10-15-18(22)19-8-9-21(15)12-17-20-11-16(23-17)14-6-4-3-5-7-14/h3-7,11,13,15H,8-10,12H2,1-2H3,(H,19,22). The number of aromatic nitrogens is 1. The Balaban J connectivity index is 1.73. The van der Waals surface area contributed by atoms with Gasteiger partial charge in [-0.3, -0.25) is 9.69 Å². The molecule has 1 unspecified atom stereocenters. The Kier molecular flexibility index (Phi) is 4.76. The van der Waals surface area contributed by atoms with E-state index in [4.69, 9.17) is 4.42 Å². The van der Waals surface area contributed by atoms with Crippen molar-refractivity contribution in [1.29, 1.82) is 0 Å². The van der Waals surface area contributed by atoms with Crippen molar-refractivity contribution in [3.8, 4) is 11.3 Å². The third-order valence-electron chi connectivity index (χ3n) is 4.09. The van der Waals surface area contributed by atoms with Gasteiger partial charge in [0.1, 0.15) is 0 Å². The van der Waals surface area contributed by atoms with Gasteiger partial charge in [-0.05, 0) is 12.3 Å². The molecule has 2 aromatic rings. The Morgan fingerprint density at radius 2 is 2.13 bits per heavy atom. The third kappa shape index (κ3) is 3.79. The third-order valence-corrected chi connectivity index (χ3v) is 4.09. The van der Waals surface area contributed by atoms with Gasteiger partial charge in [-0.1, -0.05) is 44.2 Å². The minimum absolute atomic E-state index is 0.101. The van der Waals surface area contributed by atoms with E-state index in [1.54, 1.807) is 6.20 Å². The summed E-state index contributed by atoms with van der Waals surface area (Å²) in [6.45, 7) is 6.35. The van der Waals surface area contributed by atoms with Crippen LogP contribution < -0.4 is 5.32 Å². The number of hydrogen-bond acceptors (Lipinski definition) is 4. The summed E-state index contributed by atoms with van der Waals surface area (Å²) in [5.74, 6) is 2.00. The highest BCUT2D eigenvalue weighted by Gasteiger charge is 2.31. The van der Waals surface area contributed by atoms with E-state index in [0.29, 0.717) is 24.9 Å². The first-order chi connectivity index (χ1) is 11.1. The van der Waals surface area contributed by atoms with Crippen molar-refractivity contribution < 1.29 is 9.21 Å². The molecule has 1 amide bonds. The molecule has 0 radical (unpaired) electrons. The second kappa shape index (κ2) is 6.96. The van der Waals surface area contributed by atoms with Crippen molar-refractivity contribution in [2.75, 3.05) is 13.1 Å². The Morgan fingerprint density at radius 1 is 1.35 bits per heavy atom. The van der Waals surface area contributed by atoms with Gasteiger partial charge in [0.05, 0.1) is 18.8 Å². The molecule has 3 rings (SSSR count). The Morgan fingerprint density at radius 3 is 2.87 bits per heavy atom. The van der Waals surface area contributed by atoms with Gasteiger partial charge >= 0.3 is 0 Å². The Bertz CT molecular complexity index is 651. The molecular weight excluding hydrogens is 290 g/mol. The minimum atomic E-state index is -0.101. The van der Waals surface area contributed by atoms with Crippen LogP contribution in [0.15, 0.2) is 40.9 Å². The minimum Gasteiger partial charge on any atom is -0.439 e. The van der Waals surface area contributed by atoms with Crippen LogP contribution in [0.2, 0.25) is 0 Å². The molecule has 1 aromatic heterocycles. The van der Waals surface area contributed by atoms with Crippen LogP contribution >= 0.6 is 0 Å². The quantitative estimate of drug-likeness (QED) is 0.922. The van der Waals surface area contributed by atoms with E-state index in [2.05, 4.69) is 29.0 Å². The van der Waals surface area contributed by atoms with Crippen LogP contribution in [0.3, 0.4) is 0 Å². The van der Waals surface area contributed by atoms with E-state index in [9.17, 15) is 4.79 Å². The lowest BCUT2D eigenvalue weighted by Gasteiger charge is -2.35. The lowest BCUT2D eigenvalue weighted by molar-refractivity contribution is -0.130. The summed E-state index contributed by atoms with van der Waals surface area (Å²) < 4.78 is 5.88. The smallest absolute Gasteiger partial charge is 0.237 e. The molecule has 0 saturated carbocycles. The highest BCUT2D eigenvalue weighted by molar-refractivity contribution is 5.82. The number of carbonyl (C=O) groups excluding carboxylic acids is 1. The van der Waals surface area contributed by atoms with Crippen LogP contribution in [0, 0.1) is 5.92 Å². The van der Waals surface area contributed by atoms with Crippen LogP contribution in [0.25, 0.3) is 11.3 Å². The van der Waals surface area contributed by atoms with E-state index < -0.39 is 0 Å². The molecule has 0 aliphatic carbocycles. The van der Waals surface area contributed by atoms with Crippen molar-refractivity contribution in [1.82, 2.24) is 15.2 Å². The summed E-state index contributed by atoms with van der Waals surface area (Å²) in [7, 11) is 0. The number of amides is 1. The Labute approximate surface area is 136 Å². The largest absolute Gasteiger partial charge is 0.439 e. The fraction of sp³-hybridized carbons (Fsp3) is 0.444. The number of rotatable bonds is 5. The summed E-state index contributed by atoms with van der Waals surface area (Å²) in [5.41, 5.74) is 1.02. The normalized spacial score (nSPS) is 19.1. The zero-order chi connectivity index (χ0) is 16.2. The van der Waals surface area contributed by atoms with Gasteiger partial charge in [-0.15, -0.1) is 0 Å². The van der Waals surface area contributed by atoms with Gasteiger partial charge in [0.15, 0.2) is 5.76 Å². The second-order valence-electron chi connectivity index (χ2n) is 6.39. The van der Waals surface area contributed by atoms with Gasteiger partial charge in [0.2, 0.25) is 11.8 Å².